The van der Waals surface area contributed by atoms with Gasteiger partial charge >= 0.3 is 0 Å². The number of nitrogens with one attached hydrogen (secondary N) is 2. The number of carbonyl (C=O) groups is 1. The summed E-state index contributed by atoms with van der Waals surface area (Å²) in [6.45, 7) is 2.05. The lowest BCUT2D eigenvalue weighted by Crippen LogP contribution is -2.27. The molecule has 6 nitrogen and oxygen atoms in total. The Morgan fingerprint density at radius 1 is 1.07 bits per heavy atom. The van der Waals surface area contributed by atoms with Crippen LogP contribution in [-0.4, -0.2) is 29.5 Å². The van der Waals surface area contributed by atoms with Crippen molar-refractivity contribution in [2.75, 3.05) is 19.0 Å². The minimum absolute atomic E-state index is 0.0630. The number of hydrogen-bond acceptors (Lipinski definition) is 5. The van der Waals surface area contributed by atoms with Crippen LogP contribution in [0.3, 0.4) is 0 Å². The van der Waals surface area contributed by atoms with Crippen LogP contribution in [0.15, 0.2) is 48.5 Å². The van der Waals surface area contributed by atoms with Crippen molar-refractivity contribution in [3.8, 4) is 5.75 Å². The molecule has 3 rings (SSSR count). The Morgan fingerprint density at radius 3 is 2.52 bits per heavy atom. The minimum atomic E-state index is -0.778. The summed E-state index contributed by atoms with van der Waals surface area (Å²) in [7, 11) is 1.59. The fourth-order valence-corrected chi connectivity index (χ4v) is 2.71. The molecule has 0 saturated carbocycles. The number of para-hydroxylation sites is 1. The molecule has 0 aliphatic rings. The van der Waals surface area contributed by atoms with Gasteiger partial charge in [-0.1, -0.05) is 18.2 Å². The van der Waals surface area contributed by atoms with E-state index in [0.717, 1.165) is 23.4 Å². The molecule has 1 aromatic heterocycles. The summed E-state index contributed by atoms with van der Waals surface area (Å²) in [6.07, 6.45) is 0.610. The molecule has 0 saturated heterocycles. The number of carbonyl (C=O) groups excluding carboxylic acids is 1. The van der Waals surface area contributed by atoms with E-state index in [4.69, 9.17) is 4.74 Å². The molecule has 150 valence electrons. The van der Waals surface area contributed by atoms with Crippen LogP contribution in [0.2, 0.25) is 0 Å². The standard InChI is InChI=1S/C21H20F2N4O2/c1-13-11-18(20(28)24-10-9-14-5-3-6-15(12-14)29-2)26-21(25-13)27-19-16(22)7-4-8-17(19)23/h3-8,11-12H,9-10H2,1-2H3,(H,24,28)(H,25,26,27). The van der Waals surface area contributed by atoms with Crippen LogP contribution in [0.4, 0.5) is 20.4 Å². The Bertz CT molecular complexity index is 1010. The molecule has 8 heteroatoms. The smallest absolute Gasteiger partial charge is 0.270 e. The van der Waals surface area contributed by atoms with Gasteiger partial charge in [-0.2, -0.15) is 0 Å². The molecule has 0 bridgehead atoms. The third-order valence-corrected chi connectivity index (χ3v) is 4.12. The van der Waals surface area contributed by atoms with Gasteiger partial charge in [-0.05, 0) is 49.2 Å². The second-order valence-electron chi connectivity index (χ2n) is 6.30. The molecule has 0 unspecified atom stereocenters. The van der Waals surface area contributed by atoms with Crippen LogP contribution in [-0.2, 0) is 6.42 Å². The number of aromatic nitrogens is 2. The number of anilines is 2. The molecular weight excluding hydrogens is 378 g/mol. The number of halogens is 2. The molecule has 0 fully saturated rings. The largest absolute Gasteiger partial charge is 0.497 e. The number of amides is 1. The lowest BCUT2D eigenvalue weighted by atomic mass is 10.1. The first kappa shape index (κ1) is 20.2. The Labute approximate surface area is 167 Å². The van der Waals surface area contributed by atoms with Crippen LogP contribution in [0.1, 0.15) is 21.7 Å². The van der Waals surface area contributed by atoms with Crippen molar-refractivity contribution in [1.82, 2.24) is 15.3 Å². The molecule has 3 aromatic rings. The van der Waals surface area contributed by atoms with Crippen molar-refractivity contribution < 1.29 is 18.3 Å². The number of nitrogens with zero attached hydrogens (tertiary/aromatic N) is 2. The first-order valence-corrected chi connectivity index (χ1v) is 8.94. The first-order valence-electron chi connectivity index (χ1n) is 8.94. The summed E-state index contributed by atoms with van der Waals surface area (Å²) >= 11 is 0. The van der Waals surface area contributed by atoms with Gasteiger partial charge in [0, 0.05) is 12.2 Å². The Hall–Kier alpha value is -3.55. The van der Waals surface area contributed by atoms with E-state index in [9.17, 15) is 13.6 Å². The quantitative estimate of drug-likeness (QED) is 0.633. The van der Waals surface area contributed by atoms with Crippen molar-refractivity contribution in [2.45, 2.75) is 13.3 Å². The predicted octanol–water partition coefficient (Wildman–Crippen LogP) is 3.79. The summed E-state index contributed by atoms with van der Waals surface area (Å²) in [6, 6.07) is 12.6. The van der Waals surface area contributed by atoms with E-state index >= 15 is 0 Å². The molecule has 29 heavy (non-hydrogen) atoms. The third kappa shape index (κ3) is 5.25. The zero-order chi connectivity index (χ0) is 20.8. The lowest BCUT2D eigenvalue weighted by Gasteiger charge is -2.10. The molecule has 1 heterocycles. The predicted molar refractivity (Wildman–Crippen MR) is 105 cm³/mol. The zero-order valence-corrected chi connectivity index (χ0v) is 16.0. The number of hydrogen-bond donors (Lipinski definition) is 2. The summed E-state index contributed by atoms with van der Waals surface area (Å²) in [5, 5.41) is 5.29. The lowest BCUT2D eigenvalue weighted by molar-refractivity contribution is 0.0949. The van der Waals surface area contributed by atoms with Gasteiger partial charge in [-0.25, -0.2) is 18.7 Å². The number of ether oxygens (including phenoxy) is 1. The van der Waals surface area contributed by atoms with E-state index < -0.39 is 17.5 Å². The molecule has 0 spiro atoms. The first-order chi connectivity index (χ1) is 14.0. The third-order valence-electron chi connectivity index (χ3n) is 4.12. The van der Waals surface area contributed by atoms with Crippen LogP contribution in [0, 0.1) is 18.6 Å². The molecule has 2 aromatic carbocycles. The fraction of sp³-hybridized carbons (Fsp3) is 0.190. The van der Waals surface area contributed by atoms with Crippen LogP contribution in [0.25, 0.3) is 0 Å². The van der Waals surface area contributed by atoms with Gasteiger partial charge in [0.1, 0.15) is 28.8 Å². The van der Waals surface area contributed by atoms with Gasteiger partial charge < -0.3 is 15.4 Å². The van der Waals surface area contributed by atoms with Gasteiger partial charge in [-0.15, -0.1) is 0 Å². The Kier molecular flexibility index (Phi) is 6.33. The van der Waals surface area contributed by atoms with Crippen molar-refractivity contribution in [2.24, 2.45) is 0 Å². The zero-order valence-electron chi connectivity index (χ0n) is 16.0. The van der Waals surface area contributed by atoms with Crippen LogP contribution >= 0.6 is 0 Å². The number of methoxy groups -OCH3 is 1. The average Bonchev–Trinajstić information content (AvgIpc) is 2.70. The van der Waals surface area contributed by atoms with Gasteiger partial charge in [0.25, 0.3) is 5.91 Å². The average molecular weight is 398 g/mol. The molecular formula is C21H20F2N4O2. The maximum absolute atomic E-state index is 13.8. The number of rotatable bonds is 7. The maximum atomic E-state index is 13.8. The summed E-state index contributed by atoms with van der Waals surface area (Å²) in [5.41, 5.74) is 1.22. The van der Waals surface area contributed by atoms with E-state index in [1.165, 1.54) is 12.1 Å². The van der Waals surface area contributed by atoms with Crippen molar-refractivity contribution in [3.05, 3.63) is 77.1 Å². The number of aryl methyl sites for hydroxylation is 1. The maximum Gasteiger partial charge on any atom is 0.270 e. The fourth-order valence-electron chi connectivity index (χ4n) is 2.71. The summed E-state index contributed by atoms with van der Waals surface area (Å²) in [4.78, 5) is 20.6. The topological polar surface area (TPSA) is 76.1 Å². The summed E-state index contributed by atoms with van der Waals surface area (Å²) in [5.74, 6) is -1.28. The second-order valence-corrected chi connectivity index (χ2v) is 6.30. The highest BCUT2D eigenvalue weighted by molar-refractivity contribution is 5.92. The van der Waals surface area contributed by atoms with E-state index in [1.807, 2.05) is 24.3 Å². The highest BCUT2D eigenvalue weighted by Gasteiger charge is 2.14. The van der Waals surface area contributed by atoms with E-state index in [2.05, 4.69) is 20.6 Å². The monoisotopic (exact) mass is 398 g/mol. The molecule has 1 amide bonds. The Morgan fingerprint density at radius 2 is 1.79 bits per heavy atom. The molecule has 0 aliphatic carbocycles. The van der Waals surface area contributed by atoms with Gasteiger partial charge in [-0.3, -0.25) is 4.79 Å². The minimum Gasteiger partial charge on any atom is -0.497 e. The van der Waals surface area contributed by atoms with E-state index in [1.54, 1.807) is 14.0 Å². The summed E-state index contributed by atoms with van der Waals surface area (Å²) < 4.78 is 32.8. The highest BCUT2D eigenvalue weighted by atomic mass is 19.1. The van der Waals surface area contributed by atoms with Gasteiger partial charge in [0.05, 0.1) is 7.11 Å². The SMILES string of the molecule is COc1cccc(CCNC(=O)c2cc(C)nc(Nc3c(F)cccc3F)n2)c1. The van der Waals surface area contributed by atoms with E-state index in [-0.39, 0.29) is 17.3 Å². The van der Waals surface area contributed by atoms with Gasteiger partial charge in [0.15, 0.2) is 0 Å². The van der Waals surface area contributed by atoms with Crippen molar-refractivity contribution >= 4 is 17.5 Å². The molecule has 0 atom stereocenters. The van der Waals surface area contributed by atoms with Crippen LogP contribution < -0.4 is 15.4 Å². The molecule has 2 N–H and O–H groups in total. The van der Waals surface area contributed by atoms with Crippen molar-refractivity contribution in [1.29, 1.82) is 0 Å². The second kappa shape index (κ2) is 9.09. The van der Waals surface area contributed by atoms with Crippen molar-refractivity contribution in [3.63, 3.8) is 0 Å². The van der Waals surface area contributed by atoms with E-state index in [0.29, 0.717) is 18.7 Å². The van der Waals surface area contributed by atoms with Crippen LogP contribution in [0.5, 0.6) is 5.75 Å². The number of benzene rings is 2. The molecule has 0 aliphatic heterocycles. The molecule has 0 radical (unpaired) electrons. The highest BCUT2D eigenvalue weighted by Crippen LogP contribution is 2.21. The Balaban J connectivity index is 1.67. The van der Waals surface area contributed by atoms with Gasteiger partial charge in [0.2, 0.25) is 5.95 Å². The normalized spacial score (nSPS) is 10.5.